The van der Waals surface area contributed by atoms with Crippen LogP contribution in [-0.2, 0) is 17.9 Å². The minimum atomic E-state index is 0.386. The predicted molar refractivity (Wildman–Crippen MR) is 77.6 cm³/mol. The fourth-order valence-corrected chi connectivity index (χ4v) is 1.72. The lowest BCUT2D eigenvalue weighted by molar-refractivity contribution is 0.178. The zero-order chi connectivity index (χ0) is 14.2. The Kier molecular flexibility index (Phi) is 5.37. The highest BCUT2D eigenvalue weighted by atomic mass is 16.5. The summed E-state index contributed by atoms with van der Waals surface area (Å²) in [6.07, 6.45) is 2.69. The minimum Gasteiger partial charge on any atom is -0.467 e. The van der Waals surface area contributed by atoms with Crippen LogP contribution in [0.4, 0.5) is 11.6 Å². The third kappa shape index (κ3) is 4.24. The second-order valence-electron chi connectivity index (χ2n) is 4.35. The predicted octanol–water partition coefficient (Wildman–Crippen LogP) is 2.65. The van der Waals surface area contributed by atoms with Crippen molar-refractivity contribution in [3.63, 3.8) is 0 Å². The Morgan fingerprint density at radius 2 is 2.05 bits per heavy atom. The molecule has 2 heterocycles. The molecule has 0 aliphatic carbocycles. The second-order valence-corrected chi connectivity index (χ2v) is 4.35. The van der Waals surface area contributed by atoms with Gasteiger partial charge in [-0.05, 0) is 18.6 Å². The zero-order valence-corrected chi connectivity index (χ0v) is 11.8. The fraction of sp³-hybridized carbons (Fsp3) is 0.429. The van der Waals surface area contributed by atoms with Gasteiger partial charge < -0.3 is 19.8 Å². The van der Waals surface area contributed by atoms with Gasteiger partial charge in [-0.1, -0.05) is 6.92 Å². The number of hydrogen-bond acceptors (Lipinski definition) is 6. The molecule has 20 heavy (non-hydrogen) atoms. The monoisotopic (exact) mass is 276 g/mol. The Labute approximate surface area is 118 Å². The van der Waals surface area contributed by atoms with E-state index in [9.17, 15) is 0 Å². The van der Waals surface area contributed by atoms with E-state index in [1.165, 1.54) is 0 Å². The van der Waals surface area contributed by atoms with Gasteiger partial charge >= 0.3 is 0 Å². The summed E-state index contributed by atoms with van der Waals surface area (Å²) in [6.45, 7) is 3.96. The lowest BCUT2D eigenvalue weighted by atomic mass is 10.4. The van der Waals surface area contributed by atoms with Crippen molar-refractivity contribution < 1.29 is 9.15 Å². The molecule has 0 unspecified atom stereocenters. The molecule has 6 heteroatoms. The Morgan fingerprint density at radius 1 is 1.25 bits per heavy atom. The third-order valence-electron chi connectivity index (χ3n) is 2.63. The van der Waals surface area contributed by atoms with Gasteiger partial charge in [0.25, 0.3) is 0 Å². The van der Waals surface area contributed by atoms with Gasteiger partial charge in [-0.25, -0.2) is 9.97 Å². The number of anilines is 2. The van der Waals surface area contributed by atoms with Crippen molar-refractivity contribution in [2.24, 2.45) is 0 Å². The summed E-state index contributed by atoms with van der Waals surface area (Å²) < 4.78 is 10.4. The van der Waals surface area contributed by atoms with Gasteiger partial charge in [0.15, 0.2) is 5.82 Å². The summed E-state index contributed by atoms with van der Waals surface area (Å²) in [6, 6.07) is 5.67. The SMILES string of the molecule is CCCNc1cc(NCc2ccco2)nc(COC)n1. The van der Waals surface area contributed by atoms with E-state index in [-0.39, 0.29) is 0 Å². The van der Waals surface area contributed by atoms with Crippen LogP contribution in [0.3, 0.4) is 0 Å². The highest BCUT2D eigenvalue weighted by Gasteiger charge is 2.05. The standard InChI is InChI=1S/C14H20N4O2/c1-3-6-15-12-8-13(18-14(17-12)10-19-2)16-9-11-5-4-7-20-11/h4-5,7-8H,3,6,9-10H2,1-2H3,(H2,15,16,17,18). The molecule has 0 saturated carbocycles. The molecule has 0 aliphatic rings. The minimum absolute atomic E-state index is 0.386. The topological polar surface area (TPSA) is 72.2 Å². The van der Waals surface area contributed by atoms with Gasteiger partial charge in [0, 0.05) is 19.7 Å². The van der Waals surface area contributed by atoms with Gasteiger partial charge in [-0.2, -0.15) is 0 Å². The van der Waals surface area contributed by atoms with E-state index >= 15 is 0 Å². The van der Waals surface area contributed by atoms with Gasteiger partial charge in [0.1, 0.15) is 24.0 Å². The molecule has 6 nitrogen and oxygen atoms in total. The summed E-state index contributed by atoms with van der Waals surface area (Å²) in [5.41, 5.74) is 0. The maximum absolute atomic E-state index is 5.28. The third-order valence-corrected chi connectivity index (χ3v) is 2.63. The van der Waals surface area contributed by atoms with Crippen LogP contribution in [0.1, 0.15) is 24.9 Å². The van der Waals surface area contributed by atoms with Gasteiger partial charge in [0.05, 0.1) is 12.8 Å². The van der Waals surface area contributed by atoms with Crippen molar-refractivity contribution in [1.29, 1.82) is 0 Å². The molecule has 0 spiro atoms. The van der Waals surface area contributed by atoms with Gasteiger partial charge in [-0.15, -0.1) is 0 Å². The van der Waals surface area contributed by atoms with Crippen molar-refractivity contribution in [3.05, 3.63) is 36.0 Å². The fourth-order valence-electron chi connectivity index (χ4n) is 1.72. The molecule has 108 valence electrons. The summed E-state index contributed by atoms with van der Waals surface area (Å²) in [5.74, 6) is 3.06. The van der Waals surface area contributed by atoms with Crippen molar-refractivity contribution in [3.8, 4) is 0 Å². The van der Waals surface area contributed by atoms with Crippen LogP contribution >= 0.6 is 0 Å². The summed E-state index contributed by atoms with van der Waals surface area (Å²) in [5, 5.41) is 6.48. The average Bonchev–Trinajstić information content (AvgIpc) is 2.96. The molecule has 0 radical (unpaired) electrons. The van der Waals surface area contributed by atoms with E-state index < -0.39 is 0 Å². The Bertz CT molecular complexity index is 514. The van der Waals surface area contributed by atoms with E-state index in [1.807, 2.05) is 18.2 Å². The molecule has 0 atom stereocenters. The quantitative estimate of drug-likeness (QED) is 0.772. The first-order valence-corrected chi connectivity index (χ1v) is 6.69. The van der Waals surface area contributed by atoms with Crippen LogP contribution in [-0.4, -0.2) is 23.6 Å². The lowest BCUT2D eigenvalue weighted by Crippen LogP contribution is -2.09. The second kappa shape index (κ2) is 7.49. The maximum Gasteiger partial charge on any atom is 0.158 e. The molecule has 0 amide bonds. The Morgan fingerprint density at radius 3 is 2.70 bits per heavy atom. The molecule has 0 aromatic carbocycles. The van der Waals surface area contributed by atoms with Crippen LogP contribution in [0.5, 0.6) is 0 Å². The van der Waals surface area contributed by atoms with Crippen LogP contribution in [0.25, 0.3) is 0 Å². The van der Waals surface area contributed by atoms with Crippen LogP contribution in [0.15, 0.2) is 28.9 Å². The highest BCUT2D eigenvalue weighted by Crippen LogP contribution is 2.13. The highest BCUT2D eigenvalue weighted by molar-refractivity contribution is 5.47. The molecular formula is C14H20N4O2. The lowest BCUT2D eigenvalue weighted by Gasteiger charge is -2.10. The molecule has 2 rings (SSSR count). The number of methoxy groups -OCH3 is 1. The van der Waals surface area contributed by atoms with Crippen molar-refractivity contribution in [2.45, 2.75) is 26.5 Å². The van der Waals surface area contributed by atoms with E-state index in [2.05, 4.69) is 27.5 Å². The van der Waals surface area contributed by atoms with E-state index in [1.54, 1.807) is 13.4 Å². The summed E-state index contributed by atoms with van der Waals surface area (Å²) >= 11 is 0. The van der Waals surface area contributed by atoms with Crippen LogP contribution in [0, 0.1) is 0 Å². The number of nitrogens with zero attached hydrogens (tertiary/aromatic N) is 2. The number of aromatic nitrogens is 2. The van der Waals surface area contributed by atoms with Crippen molar-refractivity contribution >= 4 is 11.6 Å². The van der Waals surface area contributed by atoms with Gasteiger partial charge in [0.2, 0.25) is 0 Å². The summed E-state index contributed by atoms with van der Waals surface area (Å²) in [7, 11) is 1.63. The first-order chi connectivity index (χ1) is 9.81. The van der Waals surface area contributed by atoms with E-state index in [0.29, 0.717) is 19.0 Å². The number of ether oxygens (including phenoxy) is 1. The molecule has 0 fully saturated rings. The van der Waals surface area contributed by atoms with Crippen molar-refractivity contribution in [2.75, 3.05) is 24.3 Å². The smallest absolute Gasteiger partial charge is 0.158 e. The van der Waals surface area contributed by atoms with Crippen LogP contribution in [0.2, 0.25) is 0 Å². The largest absolute Gasteiger partial charge is 0.467 e. The molecule has 2 N–H and O–H groups in total. The van der Waals surface area contributed by atoms with Gasteiger partial charge in [-0.3, -0.25) is 0 Å². The average molecular weight is 276 g/mol. The number of hydrogen-bond donors (Lipinski definition) is 2. The summed E-state index contributed by atoms with van der Waals surface area (Å²) in [4.78, 5) is 8.80. The Hall–Kier alpha value is -2.08. The normalized spacial score (nSPS) is 10.5. The molecule has 0 saturated heterocycles. The first kappa shape index (κ1) is 14.3. The molecular weight excluding hydrogens is 256 g/mol. The molecule has 0 bridgehead atoms. The number of furan rings is 1. The number of nitrogens with one attached hydrogen (secondary N) is 2. The molecule has 2 aromatic rings. The van der Waals surface area contributed by atoms with Crippen LogP contribution < -0.4 is 10.6 Å². The molecule has 2 aromatic heterocycles. The Balaban J connectivity index is 2.06. The maximum atomic E-state index is 5.28. The zero-order valence-electron chi connectivity index (χ0n) is 11.8. The van der Waals surface area contributed by atoms with Crippen molar-refractivity contribution in [1.82, 2.24) is 9.97 Å². The van der Waals surface area contributed by atoms with E-state index in [4.69, 9.17) is 9.15 Å². The van der Waals surface area contributed by atoms with E-state index in [0.717, 1.165) is 30.4 Å². The first-order valence-electron chi connectivity index (χ1n) is 6.69. The molecule has 0 aliphatic heterocycles. The number of rotatable bonds is 8.